The van der Waals surface area contributed by atoms with Crippen LogP contribution in [0, 0.1) is 6.92 Å². The van der Waals surface area contributed by atoms with Crippen LogP contribution in [0.15, 0.2) is 18.2 Å². The van der Waals surface area contributed by atoms with Crippen LogP contribution in [-0.4, -0.2) is 30.9 Å². The lowest BCUT2D eigenvalue weighted by atomic mass is 10.2. The number of nitrogen functional groups attached to an aromatic ring is 1. The van der Waals surface area contributed by atoms with Gasteiger partial charge in [0.1, 0.15) is 0 Å². The van der Waals surface area contributed by atoms with Crippen LogP contribution in [0.25, 0.3) is 0 Å². The molecule has 18 heavy (non-hydrogen) atoms. The number of hydrogen-bond donors (Lipinski definition) is 2. The first-order chi connectivity index (χ1) is 8.52. The number of nitrogens with zero attached hydrogens (tertiary/aromatic N) is 1. The van der Waals surface area contributed by atoms with Crippen molar-refractivity contribution in [3.63, 3.8) is 0 Å². The molecule has 0 fully saturated rings. The van der Waals surface area contributed by atoms with E-state index in [9.17, 15) is 4.79 Å². The topological polar surface area (TPSA) is 58.4 Å². The van der Waals surface area contributed by atoms with E-state index in [0.29, 0.717) is 12.1 Å². The highest BCUT2D eigenvalue weighted by Gasteiger charge is 2.06. The van der Waals surface area contributed by atoms with Crippen molar-refractivity contribution in [1.82, 2.24) is 4.90 Å². The number of nitrogens with one attached hydrogen (secondary N) is 1. The van der Waals surface area contributed by atoms with E-state index < -0.39 is 0 Å². The molecular weight excluding hydrogens is 226 g/mol. The van der Waals surface area contributed by atoms with Crippen molar-refractivity contribution in [3.05, 3.63) is 23.8 Å². The summed E-state index contributed by atoms with van der Waals surface area (Å²) in [5.74, 6) is 0.0339. The van der Waals surface area contributed by atoms with Crippen molar-refractivity contribution in [1.29, 1.82) is 0 Å². The van der Waals surface area contributed by atoms with Crippen LogP contribution in [0.5, 0.6) is 0 Å². The monoisotopic (exact) mass is 249 g/mol. The Hall–Kier alpha value is -1.55. The molecule has 1 amide bonds. The van der Waals surface area contributed by atoms with Gasteiger partial charge in [0, 0.05) is 24.3 Å². The van der Waals surface area contributed by atoms with Gasteiger partial charge in [-0.3, -0.25) is 4.79 Å². The summed E-state index contributed by atoms with van der Waals surface area (Å²) in [6, 6.07) is 5.54. The molecule has 0 saturated heterocycles. The van der Waals surface area contributed by atoms with Gasteiger partial charge in [0.2, 0.25) is 5.91 Å². The molecule has 0 saturated carbocycles. The Labute approximate surface area is 109 Å². The SMILES string of the molecule is CCCN(C)CCC(=O)Nc1cc(N)ccc1C. The van der Waals surface area contributed by atoms with Gasteiger partial charge < -0.3 is 16.0 Å². The van der Waals surface area contributed by atoms with Crippen molar-refractivity contribution >= 4 is 17.3 Å². The normalized spacial score (nSPS) is 10.7. The average molecular weight is 249 g/mol. The molecule has 4 heteroatoms. The predicted molar refractivity (Wildman–Crippen MR) is 76.6 cm³/mol. The largest absolute Gasteiger partial charge is 0.399 e. The van der Waals surface area contributed by atoms with E-state index in [1.165, 1.54) is 0 Å². The van der Waals surface area contributed by atoms with E-state index in [4.69, 9.17) is 5.73 Å². The summed E-state index contributed by atoms with van der Waals surface area (Å²) in [6.07, 6.45) is 1.61. The van der Waals surface area contributed by atoms with Crippen molar-refractivity contribution in [3.8, 4) is 0 Å². The summed E-state index contributed by atoms with van der Waals surface area (Å²) in [7, 11) is 2.03. The molecule has 0 spiro atoms. The Morgan fingerprint density at radius 1 is 1.39 bits per heavy atom. The van der Waals surface area contributed by atoms with E-state index in [0.717, 1.165) is 30.8 Å². The molecule has 0 heterocycles. The van der Waals surface area contributed by atoms with E-state index in [1.54, 1.807) is 6.07 Å². The summed E-state index contributed by atoms with van der Waals surface area (Å²) < 4.78 is 0. The van der Waals surface area contributed by atoms with Crippen LogP contribution in [0.3, 0.4) is 0 Å². The highest BCUT2D eigenvalue weighted by atomic mass is 16.1. The zero-order valence-electron chi connectivity index (χ0n) is 11.5. The fourth-order valence-electron chi connectivity index (χ4n) is 1.77. The number of nitrogens with two attached hydrogens (primary N) is 1. The lowest BCUT2D eigenvalue weighted by Crippen LogP contribution is -2.25. The fourth-order valence-corrected chi connectivity index (χ4v) is 1.77. The van der Waals surface area contributed by atoms with Gasteiger partial charge in [0.25, 0.3) is 0 Å². The van der Waals surface area contributed by atoms with Gasteiger partial charge >= 0.3 is 0 Å². The number of aryl methyl sites for hydroxylation is 1. The van der Waals surface area contributed by atoms with Gasteiger partial charge in [-0.05, 0) is 44.6 Å². The average Bonchev–Trinajstić information content (AvgIpc) is 2.32. The van der Waals surface area contributed by atoms with Crippen molar-refractivity contribution in [2.75, 3.05) is 31.2 Å². The molecule has 0 unspecified atom stereocenters. The summed E-state index contributed by atoms with van der Waals surface area (Å²) in [5, 5.41) is 2.90. The second-order valence-electron chi connectivity index (χ2n) is 4.68. The lowest BCUT2D eigenvalue weighted by molar-refractivity contribution is -0.116. The molecule has 0 bridgehead atoms. The first kappa shape index (κ1) is 14.5. The standard InChI is InChI=1S/C14H23N3O/c1-4-8-17(3)9-7-14(18)16-13-10-12(15)6-5-11(13)2/h5-6,10H,4,7-9,15H2,1-3H3,(H,16,18). The summed E-state index contributed by atoms with van der Waals surface area (Å²) in [4.78, 5) is 14.0. The van der Waals surface area contributed by atoms with Gasteiger partial charge in [-0.2, -0.15) is 0 Å². The molecular formula is C14H23N3O. The molecule has 0 aromatic heterocycles. The second kappa shape index (κ2) is 7.01. The number of amides is 1. The van der Waals surface area contributed by atoms with Crippen LogP contribution < -0.4 is 11.1 Å². The molecule has 0 radical (unpaired) electrons. The minimum atomic E-state index is 0.0339. The van der Waals surface area contributed by atoms with E-state index >= 15 is 0 Å². The molecule has 1 aromatic carbocycles. The Bertz CT molecular complexity index is 404. The first-order valence-corrected chi connectivity index (χ1v) is 6.37. The zero-order chi connectivity index (χ0) is 13.5. The zero-order valence-corrected chi connectivity index (χ0v) is 11.5. The number of carbonyl (C=O) groups is 1. The molecule has 1 rings (SSSR count). The van der Waals surface area contributed by atoms with Crippen molar-refractivity contribution in [2.45, 2.75) is 26.7 Å². The van der Waals surface area contributed by atoms with E-state index in [1.807, 2.05) is 26.1 Å². The first-order valence-electron chi connectivity index (χ1n) is 6.37. The molecule has 1 aromatic rings. The molecule has 0 aliphatic heterocycles. The van der Waals surface area contributed by atoms with Gasteiger partial charge in [-0.15, -0.1) is 0 Å². The lowest BCUT2D eigenvalue weighted by Gasteiger charge is -2.15. The van der Waals surface area contributed by atoms with E-state index in [2.05, 4.69) is 17.1 Å². The third-order valence-corrected chi connectivity index (χ3v) is 2.86. The Kier molecular flexibility index (Phi) is 5.65. The minimum Gasteiger partial charge on any atom is -0.399 e. The van der Waals surface area contributed by atoms with Crippen LogP contribution >= 0.6 is 0 Å². The second-order valence-corrected chi connectivity index (χ2v) is 4.68. The van der Waals surface area contributed by atoms with Crippen LogP contribution in [0.4, 0.5) is 11.4 Å². The van der Waals surface area contributed by atoms with Crippen LogP contribution in [0.2, 0.25) is 0 Å². The van der Waals surface area contributed by atoms with Gasteiger partial charge in [-0.25, -0.2) is 0 Å². The van der Waals surface area contributed by atoms with Crippen molar-refractivity contribution in [2.24, 2.45) is 0 Å². The van der Waals surface area contributed by atoms with E-state index in [-0.39, 0.29) is 5.91 Å². The molecule has 0 aliphatic rings. The molecule has 0 aliphatic carbocycles. The number of rotatable bonds is 6. The highest BCUT2D eigenvalue weighted by molar-refractivity contribution is 5.92. The fraction of sp³-hybridized carbons (Fsp3) is 0.500. The maximum Gasteiger partial charge on any atom is 0.225 e. The molecule has 4 nitrogen and oxygen atoms in total. The molecule has 100 valence electrons. The van der Waals surface area contributed by atoms with Gasteiger partial charge in [-0.1, -0.05) is 13.0 Å². The summed E-state index contributed by atoms with van der Waals surface area (Å²) >= 11 is 0. The number of carbonyl (C=O) groups excluding carboxylic acids is 1. The number of anilines is 2. The number of hydrogen-bond acceptors (Lipinski definition) is 3. The van der Waals surface area contributed by atoms with Crippen LogP contribution in [0.1, 0.15) is 25.3 Å². The minimum absolute atomic E-state index is 0.0339. The highest BCUT2D eigenvalue weighted by Crippen LogP contribution is 2.18. The smallest absolute Gasteiger partial charge is 0.225 e. The quantitative estimate of drug-likeness (QED) is 0.760. The Balaban J connectivity index is 2.47. The molecule has 3 N–H and O–H groups in total. The molecule has 0 atom stereocenters. The van der Waals surface area contributed by atoms with Crippen LogP contribution in [-0.2, 0) is 4.79 Å². The summed E-state index contributed by atoms with van der Waals surface area (Å²) in [5.41, 5.74) is 8.20. The van der Waals surface area contributed by atoms with Crippen molar-refractivity contribution < 1.29 is 4.79 Å². The Morgan fingerprint density at radius 2 is 2.11 bits per heavy atom. The summed E-state index contributed by atoms with van der Waals surface area (Å²) in [6.45, 7) is 5.89. The number of benzene rings is 1. The maximum atomic E-state index is 11.8. The van der Waals surface area contributed by atoms with Gasteiger partial charge in [0.05, 0.1) is 0 Å². The Morgan fingerprint density at radius 3 is 2.78 bits per heavy atom. The third kappa shape index (κ3) is 4.75. The maximum absolute atomic E-state index is 11.8. The third-order valence-electron chi connectivity index (χ3n) is 2.86. The van der Waals surface area contributed by atoms with Gasteiger partial charge in [0.15, 0.2) is 0 Å². The predicted octanol–water partition coefficient (Wildman–Crippen LogP) is 2.25.